The van der Waals surface area contributed by atoms with Crippen LogP contribution < -0.4 is 0 Å². The molecule has 1 nitrogen and oxygen atoms in total. The quantitative estimate of drug-likeness (QED) is 0.641. The van der Waals surface area contributed by atoms with Crippen molar-refractivity contribution in [3.8, 4) is 0 Å². The summed E-state index contributed by atoms with van der Waals surface area (Å²) in [6.07, 6.45) is 1.21. The van der Waals surface area contributed by atoms with E-state index in [0.717, 1.165) is 0 Å². The molecule has 0 saturated carbocycles. The molecule has 0 bridgehead atoms. The van der Waals surface area contributed by atoms with Crippen molar-refractivity contribution in [2.45, 2.75) is 77.6 Å². The molecule has 1 unspecified atom stereocenters. The zero-order valence-electron chi connectivity index (χ0n) is 12.2. The molecule has 15 heavy (non-hydrogen) atoms. The Balaban J connectivity index is 4.65. The monoisotopic (exact) mass is 246 g/mol. The third-order valence-electron chi connectivity index (χ3n) is 4.20. The molecule has 0 fully saturated rings. The second-order valence-corrected chi connectivity index (χ2v) is 17.0. The highest BCUT2D eigenvalue weighted by atomic mass is 28.4. The van der Waals surface area contributed by atoms with E-state index in [1.54, 1.807) is 0 Å². The highest BCUT2D eigenvalue weighted by Gasteiger charge is 2.42. The highest BCUT2D eigenvalue weighted by Crippen LogP contribution is 2.41. The van der Waals surface area contributed by atoms with Gasteiger partial charge in [0, 0.05) is 5.73 Å². The summed E-state index contributed by atoms with van der Waals surface area (Å²) in [4.78, 5) is 0. The Bertz CT molecular complexity index is 204. The molecule has 0 amide bonds. The van der Waals surface area contributed by atoms with Gasteiger partial charge in [-0.3, -0.25) is 0 Å². The van der Waals surface area contributed by atoms with Gasteiger partial charge in [-0.15, -0.1) is 0 Å². The molecule has 0 N–H and O–H groups in total. The smallest absolute Gasteiger partial charge is 0.192 e. The van der Waals surface area contributed by atoms with Gasteiger partial charge in [0.05, 0.1) is 8.07 Å². The Morgan fingerprint density at radius 1 is 1.07 bits per heavy atom. The van der Waals surface area contributed by atoms with Crippen molar-refractivity contribution < 1.29 is 4.43 Å². The van der Waals surface area contributed by atoms with E-state index in [0.29, 0.717) is 10.8 Å². The van der Waals surface area contributed by atoms with Gasteiger partial charge in [-0.2, -0.15) is 0 Å². The maximum absolute atomic E-state index is 6.46. The van der Waals surface area contributed by atoms with Gasteiger partial charge in [0.25, 0.3) is 0 Å². The molecule has 0 saturated heterocycles. The number of rotatable bonds is 5. The fourth-order valence-electron chi connectivity index (χ4n) is 1.20. The van der Waals surface area contributed by atoms with E-state index < -0.39 is 16.4 Å². The summed E-state index contributed by atoms with van der Waals surface area (Å²) in [7, 11) is -2.72. The number of hydrogen-bond donors (Lipinski definition) is 0. The van der Waals surface area contributed by atoms with E-state index in [1.165, 1.54) is 6.42 Å². The summed E-state index contributed by atoms with van der Waals surface area (Å²) in [5.74, 6) is 0. The Labute approximate surface area is 98.8 Å². The molecule has 92 valence electrons. The first-order valence-electron chi connectivity index (χ1n) is 6.12. The maximum Gasteiger partial charge on any atom is 0.192 e. The molecule has 1 atom stereocenters. The molecule has 0 rings (SSSR count). The molecule has 0 spiro atoms. The summed E-state index contributed by atoms with van der Waals surface area (Å²) in [5, 5.41) is 0.376. The van der Waals surface area contributed by atoms with E-state index in [1.807, 2.05) is 0 Å². The summed E-state index contributed by atoms with van der Waals surface area (Å²) in [6.45, 7) is 21.2. The summed E-state index contributed by atoms with van der Waals surface area (Å²) >= 11 is 0. The van der Waals surface area contributed by atoms with Gasteiger partial charge < -0.3 is 4.43 Å². The Hall–Kier alpha value is 0.394. The third kappa shape index (κ3) is 4.04. The van der Waals surface area contributed by atoms with Crippen LogP contribution in [0.1, 0.15) is 34.1 Å². The van der Waals surface area contributed by atoms with Crippen LogP contribution in [0.5, 0.6) is 0 Å². The van der Waals surface area contributed by atoms with Gasteiger partial charge >= 0.3 is 0 Å². The lowest BCUT2D eigenvalue weighted by Crippen LogP contribution is -2.50. The van der Waals surface area contributed by atoms with Crippen molar-refractivity contribution in [2.75, 3.05) is 0 Å². The third-order valence-corrected chi connectivity index (χ3v) is 11.6. The minimum atomic E-state index is -1.57. The summed E-state index contributed by atoms with van der Waals surface area (Å²) in [6, 6.07) is 0. The van der Waals surface area contributed by atoms with Crippen LogP contribution in [0.2, 0.25) is 37.8 Å². The average Bonchev–Trinajstić information content (AvgIpc) is 2.01. The summed E-state index contributed by atoms with van der Waals surface area (Å²) in [5.41, 5.74) is 0.477. The van der Waals surface area contributed by atoms with Crippen molar-refractivity contribution in [2.24, 2.45) is 0 Å². The largest absolute Gasteiger partial charge is 0.417 e. The van der Waals surface area contributed by atoms with Gasteiger partial charge in [0.15, 0.2) is 8.32 Å². The lowest BCUT2D eigenvalue weighted by atomic mass is 10.1. The Morgan fingerprint density at radius 3 is 1.73 bits per heavy atom. The predicted molar refractivity (Wildman–Crippen MR) is 75.7 cm³/mol. The normalized spacial score (nSPS) is 16.6. The molecule has 0 radical (unpaired) electrons. The molecular formula is C12H30OSi2. The molecule has 0 aliphatic rings. The first-order chi connectivity index (χ1) is 6.44. The zero-order chi connectivity index (χ0) is 12.5. The van der Waals surface area contributed by atoms with Gasteiger partial charge in [0.1, 0.15) is 0 Å². The minimum Gasteiger partial charge on any atom is -0.417 e. The molecule has 0 aromatic rings. The first kappa shape index (κ1) is 15.4. The van der Waals surface area contributed by atoms with Crippen molar-refractivity contribution in [1.29, 1.82) is 0 Å². The SMILES string of the molecule is CCC(C)(C)[Si](C)(C)OC(C)[Si](C)(C)C. The Kier molecular flexibility index (Phi) is 4.84. The maximum atomic E-state index is 6.46. The second kappa shape index (κ2) is 4.72. The average molecular weight is 247 g/mol. The van der Waals surface area contributed by atoms with E-state index >= 15 is 0 Å². The fraction of sp³-hybridized carbons (Fsp3) is 1.00. The molecule has 0 aliphatic carbocycles. The highest BCUT2D eigenvalue weighted by molar-refractivity contribution is 6.80. The standard InChI is InChI=1S/C12H30OSi2/c1-10-12(3,4)15(8,9)13-11(2)14(5,6)7/h11H,10H2,1-9H3. The van der Waals surface area contributed by atoms with Crippen LogP contribution >= 0.6 is 0 Å². The van der Waals surface area contributed by atoms with Crippen LogP contribution in [0, 0.1) is 0 Å². The zero-order valence-corrected chi connectivity index (χ0v) is 14.2. The number of hydrogen-bond acceptors (Lipinski definition) is 1. The second-order valence-electron chi connectivity index (χ2n) is 6.87. The topological polar surface area (TPSA) is 9.23 Å². The van der Waals surface area contributed by atoms with Crippen molar-refractivity contribution in [3.63, 3.8) is 0 Å². The van der Waals surface area contributed by atoms with Crippen LogP contribution in [0.4, 0.5) is 0 Å². The molecule has 0 aliphatic heterocycles. The summed E-state index contributed by atoms with van der Waals surface area (Å²) < 4.78 is 6.46. The van der Waals surface area contributed by atoms with E-state index in [4.69, 9.17) is 4.43 Å². The van der Waals surface area contributed by atoms with Crippen LogP contribution in [0.3, 0.4) is 0 Å². The van der Waals surface area contributed by atoms with Crippen molar-refractivity contribution in [1.82, 2.24) is 0 Å². The first-order valence-corrected chi connectivity index (χ1v) is 12.6. The van der Waals surface area contributed by atoms with E-state index in [-0.39, 0.29) is 0 Å². The lowest BCUT2D eigenvalue weighted by Gasteiger charge is -2.43. The van der Waals surface area contributed by atoms with Crippen LogP contribution in [-0.4, -0.2) is 22.1 Å². The van der Waals surface area contributed by atoms with E-state index in [9.17, 15) is 0 Å². The van der Waals surface area contributed by atoms with Crippen molar-refractivity contribution >= 4 is 16.4 Å². The molecular weight excluding hydrogens is 216 g/mol. The molecule has 0 heterocycles. The predicted octanol–water partition coefficient (Wildman–Crippen LogP) is 4.66. The molecule has 0 aromatic heterocycles. The van der Waals surface area contributed by atoms with Gasteiger partial charge in [-0.1, -0.05) is 46.8 Å². The van der Waals surface area contributed by atoms with Crippen LogP contribution in [0.15, 0.2) is 0 Å². The van der Waals surface area contributed by atoms with Gasteiger partial charge in [-0.05, 0) is 25.1 Å². The molecule has 3 heteroatoms. The van der Waals surface area contributed by atoms with Gasteiger partial charge in [-0.25, -0.2) is 0 Å². The van der Waals surface area contributed by atoms with E-state index in [2.05, 4.69) is 60.4 Å². The lowest BCUT2D eigenvalue weighted by molar-refractivity contribution is 0.257. The van der Waals surface area contributed by atoms with Gasteiger partial charge in [0.2, 0.25) is 0 Å². The Morgan fingerprint density at radius 2 is 1.47 bits per heavy atom. The van der Waals surface area contributed by atoms with Crippen molar-refractivity contribution in [3.05, 3.63) is 0 Å². The minimum absolute atomic E-state index is 0.376. The molecule has 0 aromatic carbocycles. The van der Waals surface area contributed by atoms with Crippen LogP contribution in [0.25, 0.3) is 0 Å². The van der Waals surface area contributed by atoms with Crippen LogP contribution in [-0.2, 0) is 4.43 Å². The fourth-order valence-corrected chi connectivity index (χ4v) is 5.56.